The maximum atomic E-state index is 9.72. The lowest BCUT2D eigenvalue weighted by Gasteiger charge is -2.17. The van der Waals surface area contributed by atoms with Crippen molar-refractivity contribution in [3.63, 3.8) is 0 Å². The zero-order valence-corrected chi connectivity index (χ0v) is 7.70. The molecule has 1 N–H and O–H groups in total. The summed E-state index contributed by atoms with van der Waals surface area (Å²) < 4.78 is 0. The van der Waals surface area contributed by atoms with Gasteiger partial charge in [0.25, 0.3) is 0 Å². The normalized spacial score (nSPS) is 14.5. The third kappa shape index (κ3) is 2.57. The fourth-order valence-corrected chi connectivity index (χ4v) is 1.18. The van der Waals surface area contributed by atoms with E-state index >= 15 is 0 Å². The summed E-state index contributed by atoms with van der Waals surface area (Å²) in [5.74, 6) is 0. The molecule has 0 saturated heterocycles. The lowest BCUT2D eigenvalue weighted by atomic mass is 9.94. The molecule has 1 aromatic carbocycles. The topological polar surface area (TPSA) is 44.0 Å². The van der Waals surface area contributed by atoms with Crippen LogP contribution in [0.5, 0.6) is 0 Å². The Hall–Kier alpha value is -1.33. The first kappa shape index (κ1) is 9.76. The second kappa shape index (κ2) is 4.06. The van der Waals surface area contributed by atoms with Crippen LogP contribution in [0.4, 0.5) is 0 Å². The Balaban J connectivity index is 2.75. The molecule has 0 saturated carbocycles. The second-order valence-corrected chi connectivity index (χ2v) is 3.16. The molecule has 0 aromatic heterocycles. The van der Waals surface area contributed by atoms with Crippen molar-refractivity contribution in [2.75, 3.05) is 0 Å². The van der Waals surface area contributed by atoms with Gasteiger partial charge in [-0.1, -0.05) is 37.3 Å². The molecule has 2 nitrogen and oxygen atoms in total. The van der Waals surface area contributed by atoms with Crippen molar-refractivity contribution < 1.29 is 5.11 Å². The predicted molar refractivity (Wildman–Crippen MR) is 51.0 cm³/mol. The Labute approximate surface area is 78.4 Å². The molecule has 0 spiro atoms. The van der Waals surface area contributed by atoms with E-state index in [2.05, 4.69) is 0 Å². The summed E-state index contributed by atoms with van der Waals surface area (Å²) in [4.78, 5) is 0. The molecule has 0 amide bonds. The van der Waals surface area contributed by atoms with E-state index in [4.69, 9.17) is 5.26 Å². The van der Waals surface area contributed by atoms with Crippen LogP contribution in [-0.2, 0) is 6.42 Å². The Kier molecular flexibility index (Phi) is 3.05. The third-order valence-electron chi connectivity index (χ3n) is 2.13. The van der Waals surface area contributed by atoms with Crippen molar-refractivity contribution in [3.05, 3.63) is 35.9 Å². The van der Waals surface area contributed by atoms with E-state index in [1.807, 2.05) is 43.3 Å². The minimum absolute atomic E-state index is 0.404. The number of rotatable bonds is 3. The molecule has 1 aromatic rings. The summed E-state index contributed by atoms with van der Waals surface area (Å²) in [6, 6.07) is 11.5. The average Bonchev–Trinajstić information content (AvgIpc) is 2.19. The van der Waals surface area contributed by atoms with Crippen molar-refractivity contribution >= 4 is 0 Å². The van der Waals surface area contributed by atoms with Gasteiger partial charge in [0.15, 0.2) is 5.60 Å². The zero-order valence-electron chi connectivity index (χ0n) is 7.70. The van der Waals surface area contributed by atoms with E-state index in [0.717, 1.165) is 5.56 Å². The van der Waals surface area contributed by atoms with Crippen LogP contribution < -0.4 is 0 Å². The Morgan fingerprint density at radius 1 is 1.38 bits per heavy atom. The minimum Gasteiger partial charge on any atom is -0.375 e. The molecule has 1 unspecified atom stereocenters. The summed E-state index contributed by atoms with van der Waals surface area (Å²) in [7, 11) is 0. The molecule has 0 aliphatic carbocycles. The van der Waals surface area contributed by atoms with Crippen LogP contribution in [-0.4, -0.2) is 10.7 Å². The van der Waals surface area contributed by atoms with Crippen molar-refractivity contribution in [2.24, 2.45) is 0 Å². The van der Waals surface area contributed by atoms with Crippen molar-refractivity contribution in [1.29, 1.82) is 5.26 Å². The third-order valence-corrected chi connectivity index (χ3v) is 2.13. The smallest absolute Gasteiger partial charge is 0.154 e. The van der Waals surface area contributed by atoms with Crippen LogP contribution in [0.25, 0.3) is 0 Å². The van der Waals surface area contributed by atoms with Gasteiger partial charge in [0.2, 0.25) is 0 Å². The first-order valence-electron chi connectivity index (χ1n) is 4.38. The Morgan fingerprint density at radius 3 is 2.46 bits per heavy atom. The van der Waals surface area contributed by atoms with Gasteiger partial charge in [-0.15, -0.1) is 0 Å². The maximum absolute atomic E-state index is 9.72. The fraction of sp³-hybridized carbons (Fsp3) is 0.364. The molecule has 2 heteroatoms. The second-order valence-electron chi connectivity index (χ2n) is 3.16. The van der Waals surface area contributed by atoms with Crippen LogP contribution >= 0.6 is 0 Å². The first-order chi connectivity index (χ1) is 6.20. The molecule has 0 fully saturated rings. The van der Waals surface area contributed by atoms with Gasteiger partial charge in [-0.2, -0.15) is 5.26 Å². The van der Waals surface area contributed by atoms with E-state index in [1.165, 1.54) is 0 Å². The number of aliphatic hydroxyl groups is 1. The van der Waals surface area contributed by atoms with Crippen LogP contribution in [0, 0.1) is 11.3 Å². The molecule has 68 valence electrons. The highest BCUT2D eigenvalue weighted by atomic mass is 16.3. The Morgan fingerprint density at radius 2 is 2.00 bits per heavy atom. The van der Waals surface area contributed by atoms with E-state index in [-0.39, 0.29) is 0 Å². The van der Waals surface area contributed by atoms with Crippen molar-refractivity contribution in [3.8, 4) is 6.07 Å². The summed E-state index contributed by atoms with van der Waals surface area (Å²) in [5.41, 5.74) is -0.213. The molecule has 0 heterocycles. The molecule has 13 heavy (non-hydrogen) atoms. The van der Waals surface area contributed by atoms with Gasteiger partial charge in [-0.25, -0.2) is 0 Å². The number of hydrogen-bond acceptors (Lipinski definition) is 2. The van der Waals surface area contributed by atoms with Gasteiger partial charge in [-0.3, -0.25) is 0 Å². The lowest BCUT2D eigenvalue weighted by Crippen LogP contribution is -2.28. The van der Waals surface area contributed by atoms with E-state index in [9.17, 15) is 5.11 Å². The SMILES string of the molecule is CCC(O)(C#N)Cc1ccccc1. The first-order valence-corrected chi connectivity index (χ1v) is 4.38. The summed E-state index contributed by atoms with van der Waals surface area (Å²) in [6.07, 6.45) is 0.860. The van der Waals surface area contributed by atoms with E-state index < -0.39 is 5.60 Å². The van der Waals surface area contributed by atoms with Gasteiger partial charge in [-0.05, 0) is 12.0 Å². The zero-order chi connectivity index (χ0) is 9.73. The van der Waals surface area contributed by atoms with Crippen LogP contribution in [0.1, 0.15) is 18.9 Å². The van der Waals surface area contributed by atoms with Gasteiger partial charge in [0, 0.05) is 6.42 Å². The largest absolute Gasteiger partial charge is 0.375 e. The van der Waals surface area contributed by atoms with Gasteiger partial charge in [0.05, 0.1) is 6.07 Å². The molecular formula is C11H13NO. The number of hydrogen-bond donors (Lipinski definition) is 1. The van der Waals surface area contributed by atoms with Crippen LogP contribution in [0.3, 0.4) is 0 Å². The highest BCUT2D eigenvalue weighted by molar-refractivity contribution is 5.19. The highest BCUT2D eigenvalue weighted by Gasteiger charge is 2.23. The number of nitrogens with zero attached hydrogens (tertiary/aromatic N) is 1. The quantitative estimate of drug-likeness (QED) is 0.713. The molecular weight excluding hydrogens is 162 g/mol. The predicted octanol–water partition coefficient (Wildman–Crippen LogP) is 1.89. The summed E-state index contributed by atoms with van der Waals surface area (Å²) in [5, 5.41) is 18.5. The monoisotopic (exact) mass is 175 g/mol. The highest BCUT2D eigenvalue weighted by Crippen LogP contribution is 2.15. The summed E-state index contributed by atoms with van der Waals surface area (Å²) in [6.45, 7) is 1.81. The van der Waals surface area contributed by atoms with Crippen molar-refractivity contribution in [2.45, 2.75) is 25.4 Å². The fourth-order valence-electron chi connectivity index (χ4n) is 1.18. The molecule has 0 aliphatic heterocycles. The summed E-state index contributed by atoms with van der Waals surface area (Å²) >= 11 is 0. The van der Waals surface area contributed by atoms with Gasteiger partial charge in [0.1, 0.15) is 0 Å². The molecule has 1 atom stereocenters. The van der Waals surface area contributed by atoms with E-state index in [1.54, 1.807) is 0 Å². The van der Waals surface area contributed by atoms with E-state index in [0.29, 0.717) is 12.8 Å². The lowest BCUT2D eigenvalue weighted by molar-refractivity contribution is 0.0952. The number of benzene rings is 1. The number of nitriles is 1. The standard InChI is InChI=1S/C11H13NO/c1-2-11(13,9-12)8-10-6-4-3-5-7-10/h3-7,13H,2,8H2,1H3. The van der Waals surface area contributed by atoms with Crippen molar-refractivity contribution in [1.82, 2.24) is 0 Å². The van der Waals surface area contributed by atoms with Gasteiger partial charge < -0.3 is 5.11 Å². The molecule has 0 aliphatic rings. The molecule has 1 rings (SSSR count). The maximum Gasteiger partial charge on any atom is 0.154 e. The average molecular weight is 175 g/mol. The van der Waals surface area contributed by atoms with Gasteiger partial charge >= 0.3 is 0 Å². The van der Waals surface area contributed by atoms with Crippen LogP contribution in [0.2, 0.25) is 0 Å². The Bertz CT molecular complexity index is 302. The minimum atomic E-state index is -1.21. The molecule has 0 radical (unpaired) electrons. The van der Waals surface area contributed by atoms with Crippen LogP contribution in [0.15, 0.2) is 30.3 Å². The molecule has 0 bridgehead atoms.